The third kappa shape index (κ3) is 6.15. The highest BCUT2D eigenvalue weighted by Crippen LogP contribution is 2.17. The molecule has 2 N–H and O–H groups in total. The summed E-state index contributed by atoms with van der Waals surface area (Å²) in [6.07, 6.45) is -0.889. The third-order valence-corrected chi connectivity index (χ3v) is 5.34. The second-order valence-electron chi connectivity index (χ2n) is 8.05. The normalized spacial score (nSPS) is 15.6. The van der Waals surface area contributed by atoms with Crippen molar-refractivity contribution in [2.75, 3.05) is 31.6 Å². The minimum absolute atomic E-state index is 0.354. The largest absolute Gasteiger partial charge is 0.449 e. The number of rotatable bonds is 7. The maximum Gasteiger partial charge on any atom is 0.338 e. The van der Waals surface area contributed by atoms with Crippen molar-refractivity contribution in [3.8, 4) is 0 Å². The Morgan fingerprint density at radius 1 is 1.00 bits per heavy atom. The average Bonchev–Trinajstić information content (AvgIpc) is 2.75. The summed E-state index contributed by atoms with van der Waals surface area (Å²) < 4.78 is 10.7. The van der Waals surface area contributed by atoms with Crippen LogP contribution < -0.4 is 10.2 Å². The van der Waals surface area contributed by atoms with E-state index in [-0.39, 0.29) is 5.91 Å². The van der Waals surface area contributed by atoms with E-state index in [0.717, 1.165) is 32.8 Å². The van der Waals surface area contributed by atoms with Crippen molar-refractivity contribution >= 4 is 17.6 Å². The molecule has 1 heterocycles. The van der Waals surface area contributed by atoms with Crippen LogP contribution in [-0.2, 0) is 20.8 Å². The van der Waals surface area contributed by atoms with Gasteiger partial charge in [-0.25, -0.2) is 4.79 Å². The summed E-state index contributed by atoms with van der Waals surface area (Å²) >= 11 is 0. The van der Waals surface area contributed by atoms with E-state index >= 15 is 0 Å². The minimum atomic E-state index is -0.889. The number of esters is 1. The second kappa shape index (κ2) is 10.4. The number of benzene rings is 2. The van der Waals surface area contributed by atoms with Crippen LogP contribution in [0.1, 0.15) is 48.2 Å². The van der Waals surface area contributed by atoms with Crippen LogP contribution in [0.15, 0.2) is 48.5 Å². The van der Waals surface area contributed by atoms with Crippen LogP contribution in [-0.4, -0.2) is 44.3 Å². The van der Waals surface area contributed by atoms with Gasteiger partial charge in [-0.05, 0) is 42.7 Å². The van der Waals surface area contributed by atoms with Gasteiger partial charge in [0.2, 0.25) is 0 Å². The Balaban J connectivity index is 1.50. The molecule has 2 aromatic carbocycles. The fourth-order valence-electron chi connectivity index (χ4n) is 3.36. The van der Waals surface area contributed by atoms with Gasteiger partial charge >= 0.3 is 5.97 Å². The molecule has 0 aromatic heterocycles. The van der Waals surface area contributed by atoms with Crippen LogP contribution in [0, 0.1) is 0 Å². The van der Waals surface area contributed by atoms with Gasteiger partial charge < -0.3 is 19.7 Å². The lowest BCUT2D eigenvalue weighted by Crippen LogP contribution is -3.12. The lowest BCUT2D eigenvalue weighted by Gasteiger charge is -2.23. The molecule has 0 unspecified atom stereocenters. The topological polar surface area (TPSA) is 69.1 Å². The van der Waals surface area contributed by atoms with Crippen molar-refractivity contribution in [3.63, 3.8) is 0 Å². The van der Waals surface area contributed by atoms with Crippen molar-refractivity contribution in [1.29, 1.82) is 0 Å². The van der Waals surface area contributed by atoms with Crippen molar-refractivity contribution in [2.45, 2.75) is 39.3 Å². The molecule has 1 amide bonds. The van der Waals surface area contributed by atoms with E-state index in [2.05, 4.69) is 19.2 Å². The summed E-state index contributed by atoms with van der Waals surface area (Å²) in [6, 6.07) is 15.1. The molecular formula is C24H31N2O4+. The molecule has 1 aliphatic rings. The van der Waals surface area contributed by atoms with Crippen LogP contribution in [0.3, 0.4) is 0 Å². The Morgan fingerprint density at radius 3 is 2.23 bits per heavy atom. The van der Waals surface area contributed by atoms with Crippen molar-refractivity contribution in [2.24, 2.45) is 0 Å². The van der Waals surface area contributed by atoms with Crippen molar-refractivity contribution < 1.29 is 24.0 Å². The zero-order valence-electron chi connectivity index (χ0n) is 17.9. The first kappa shape index (κ1) is 22.0. The number of carbonyl (C=O) groups excluding carboxylic acids is 2. The zero-order valence-corrected chi connectivity index (χ0v) is 17.9. The summed E-state index contributed by atoms with van der Waals surface area (Å²) in [6.45, 7) is 10.3. The third-order valence-electron chi connectivity index (χ3n) is 5.34. The highest BCUT2D eigenvalue weighted by atomic mass is 16.5. The highest BCUT2D eigenvalue weighted by Gasteiger charge is 2.20. The molecule has 0 radical (unpaired) electrons. The van der Waals surface area contributed by atoms with E-state index in [1.54, 1.807) is 19.1 Å². The molecule has 0 saturated carbocycles. The molecule has 1 atom stereocenters. The Hall–Kier alpha value is -2.70. The molecule has 0 bridgehead atoms. The Labute approximate surface area is 178 Å². The fourth-order valence-corrected chi connectivity index (χ4v) is 3.36. The molecule has 160 valence electrons. The molecule has 30 heavy (non-hydrogen) atoms. The summed E-state index contributed by atoms with van der Waals surface area (Å²) in [5, 5.41) is 2.79. The molecule has 1 aliphatic heterocycles. The molecule has 1 saturated heterocycles. The highest BCUT2D eigenvalue weighted by molar-refractivity contribution is 5.97. The summed E-state index contributed by atoms with van der Waals surface area (Å²) in [5.41, 5.74) is 3.49. The van der Waals surface area contributed by atoms with Gasteiger partial charge in [0.15, 0.2) is 6.10 Å². The maximum absolute atomic E-state index is 12.4. The van der Waals surface area contributed by atoms with Crippen LogP contribution in [0.2, 0.25) is 0 Å². The van der Waals surface area contributed by atoms with Gasteiger partial charge in [-0.3, -0.25) is 4.79 Å². The van der Waals surface area contributed by atoms with Gasteiger partial charge in [0.25, 0.3) is 5.91 Å². The number of ether oxygens (including phenoxy) is 2. The first-order valence-electron chi connectivity index (χ1n) is 10.5. The molecule has 0 spiro atoms. The van der Waals surface area contributed by atoms with Crippen LogP contribution >= 0.6 is 0 Å². The number of amides is 1. The Bertz CT molecular complexity index is 841. The number of morpholine rings is 1. The van der Waals surface area contributed by atoms with Gasteiger partial charge in [-0.1, -0.05) is 38.1 Å². The van der Waals surface area contributed by atoms with Gasteiger partial charge in [-0.15, -0.1) is 0 Å². The minimum Gasteiger partial charge on any atom is -0.449 e. The number of quaternary nitrogens is 1. The summed E-state index contributed by atoms with van der Waals surface area (Å²) in [4.78, 5) is 26.3. The fraction of sp³-hybridized carbons (Fsp3) is 0.417. The average molecular weight is 412 g/mol. The smallest absolute Gasteiger partial charge is 0.338 e. The van der Waals surface area contributed by atoms with Crippen LogP contribution in [0.25, 0.3) is 0 Å². The molecule has 0 aliphatic carbocycles. The maximum atomic E-state index is 12.4. The summed E-state index contributed by atoms with van der Waals surface area (Å²) in [7, 11) is 0. The number of hydrogen-bond donors (Lipinski definition) is 2. The standard InChI is InChI=1S/C24H30N2O4/c1-17(2)20-8-10-22(11-9-20)25-23(27)18(3)30-24(28)21-6-4-19(5-7-21)16-26-12-14-29-15-13-26/h4-11,17-18H,12-16H2,1-3H3,(H,25,27)/p+1/t18-/m0/s1. The first-order valence-corrected chi connectivity index (χ1v) is 10.5. The van der Waals surface area contributed by atoms with Gasteiger partial charge in [0, 0.05) is 11.3 Å². The zero-order chi connectivity index (χ0) is 21.5. The molecule has 2 aromatic rings. The van der Waals surface area contributed by atoms with E-state index in [1.807, 2.05) is 36.4 Å². The summed E-state index contributed by atoms with van der Waals surface area (Å²) in [5.74, 6) is -0.428. The number of carbonyl (C=O) groups is 2. The SMILES string of the molecule is CC(C)c1ccc(NC(=O)[C@H](C)OC(=O)c2ccc(C[NH+]3CCOCC3)cc2)cc1. The van der Waals surface area contributed by atoms with Gasteiger partial charge in [0.05, 0.1) is 18.8 Å². The van der Waals surface area contributed by atoms with Crippen molar-refractivity contribution in [3.05, 3.63) is 65.2 Å². The predicted molar refractivity (Wildman–Crippen MR) is 116 cm³/mol. The number of anilines is 1. The molecule has 6 heteroatoms. The van der Waals surface area contributed by atoms with E-state index in [4.69, 9.17) is 9.47 Å². The molecule has 1 fully saturated rings. The molecular weight excluding hydrogens is 380 g/mol. The van der Waals surface area contributed by atoms with E-state index in [0.29, 0.717) is 17.2 Å². The predicted octanol–water partition coefficient (Wildman–Crippen LogP) is 2.41. The van der Waals surface area contributed by atoms with E-state index in [1.165, 1.54) is 16.0 Å². The lowest BCUT2D eigenvalue weighted by molar-refractivity contribution is -0.921. The molecule has 6 nitrogen and oxygen atoms in total. The Kier molecular flexibility index (Phi) is 7.60. The van der Waals surface area contributed by atoms with Crippen LogP contribution in [0.5, 0.6) is 0 Å². The van der Waals surface area contributed by atoms with Gasteiger partial charge in [0.1, 0.15) is 19.6 Å². The second-order valence-corrected chi connectivity index (χ2v) is 8.05. The number of hydrogen-bond acceptors (Lipinski definition) is 4. The monoisotopic (exact) mass is 411 g/mol. The van der Waals surface area contributed by atoms with E-state index in [9.17, 15) is 9.59 Å². The number of nitrogens with one attached hydrogen (secondary N) is 2. The first-order chi connectivity index (χ1) is 14.4. The quantitative estimate of drug-likeness (QED) is 0.687. The Morgan fingerprint density at radius 2 is 1.63 bits per heavy atom. The van der Waals surface area contributed by atoms with E-state index < -0.39 is 12.1 Å². The van der Waals surface area contributed by atoms with Crippen LogP contribution in [0.4, 0.5) is 5.69 Å². The molecule has 3 rings (SSSR count). The lowest BCUT2D eigenvalue weighted by atomic mass is 10.0. The van der Waals surface area contributed by atoms with Crippen molar-refractivity contribution in [1.82, 2.24) is 0 Å². The van der Waals surface area contributed by atoms with Gasteiger partial charge in [-0.2, -0.15) is 0 Å².